The number of para-hydroxylation sites is 1. The molecule has 0 saturated carbocycles. The van der Waals surface area contributed by atoms with Gasteiger partial charge in [0.05, 0.1) is 18.5 Å². The smallest absolute Gasteiger partial charge is 0.322 e. The molecule has 1 aromatic heterocycles. The highest BCUT2D eigenvalue weighted by atomic mass is 16.5. The molecule has 0 fully saturated rings. The highest BCUT2D eigenvalue weighted by Gasteiger charge is 2.20. The summed E-state index contributed by atoms with van der Waals surface area (Å²) in [4.78, 5) is 27.7. The standard InChI is InChI=1S/C29H31N5O3/c1-4-18-33(29(36)30-25-13-9-8-10-21(25)2)20-28(35)31-27-19-26(22-11-6-5-7-12-22)32-34(27)23-14-16-24(37-3)17-15-23/h5-17,19H,4,18,20H2,1-3H3,(H,30,36)(H,31,35). The van der Waals surface area contributed by atoms with E-state index >= 15 is 0 Å². The van der Waals surface area contributed by atoms with Crippen LogP contribution in [0.3, 0.4) is 0 Å². The normalized spacial score (nSPS) is 10.6. The van der Waals surface area contributed by atoms with Crippen molar-refractivity contribution in [1.82, 2.24) is 14.7 Å². The molecule has 0 unspecified atom stereocenters. The fraction of sp³-hybridized carbons (Fsp3) is 0.207. The van der Waals surface area contributed by atoms with E-state index in [9.17, 15) is 9.59 Å². The Morgan fingerprint density at radius 2 is 1.65 bits per heavy atom. The van der Waals surface area contributed by atoms with Gasteiger partial charge < -0.3 is 20.3 Å². The van der Waals surface area contributed by atoms with Gasteiger partial charge in [0.15, 0.2) is 0 Å². The summed E-state index contributed by atoms with van der Waals surface area (Å²) < 4.78 is 6.95. The number of carbonyl (C=O) groups excluding carboxylic acids is 2. The van der Waals surface area contributed by atoms with Crippen molar-refractivity contribution in [3.8, 4) is 22.7 Å². The van der Waals surface area contributed by atoms with E-state index in [0.29, 0.717) is 12.4 Å². The van der Waals surface area contributed by atoms with Gasteiger partial charge in [-0.1, -0.05) is 55.5 Å². The Labute approximate surface area is 216 Å². The summed E-state index contributed by atoms with van der Waals surface area (Å²) in [5.74, 6) is 0.909. The van der Waals surface area contributed by atoms with E-state index in [4.69, 9.17) is 9.84 Å². The van der Waals surface area contributed by atoms with Crippen molar-refractivity contribution in [2.75, 3.05) is 30.8 Å². The van der Waals surface area contributed by atoms with Crippen LogP contribution < -0.4 is 15.4 Å². The molecular weight excluding hydrogens is 466 g/mol. The van der Waals surface area contributed by atoms with Crippen LogP contribution in [0.15, 0.2) is 84.9 Å². The highest BCUT2D eigenvalue weighted by molar-refractivity contribution is 5.97. The summed E-state index contributed by atoms with van der Waals surface area (Å²) in [6.07, 6.45) is 0.719. The molecule has 0 spiro atoms. The molecule has 3 amide bonds. The van der Waals surface area contributed by atoms with Gasteiger partial charge in [-0.25, -0.2) is 9.48 Å². The topological polar surface area (TPSA) is 88.5 Å². The third-order valence-corrected chi connectivity index (χ3v) is 5.87. The molecule has 0 bridgehead atoms. The predicted octanol–water partition coefficient (Wildman–Crippen LogP) is 5.74. The first-order valence-corrected chi connectivity index (χ1v) is 12.2. The summed E-state index contributed by atoms with van der Waals surface area (Å²) in [7, 11) is 1.61. The van der Waals surface area contributed by atoms with Gasteiger partial charge in [0.1, 0.15) is 18.1 Å². The number of rotatable bonds is 9. The van der Waals surface area contributed by atoms with Crippen LogP contribution >= 0.6 is 0 Å². The fourth-order valence-electron chi connectivity index (χ4n) is 3.93. The van der Waals surface area contributed by atoms with Crippen molar-refractivity contribution in [2.24, 2.45) is 0 Å². The molecule has 4 rings (SSSR count). The van der Waals surface area contributed by atoms with Crippen molar-refractivity contribution < 1.29 is 14.3 Å². The molecule has 0 atom stereocenters. The van der Waals surface area contributed by atoms with Crippen molar-refractivity contribution in [1.29, 1.82) is 0 Å². The molecule has 0 aliphatic heterocycles. The molecule has 0 radical (unpaired) electrons. The van der Waals surface area contributed by atoms with Crippen molar-refractivity contribution in [3.05, 3.63) is 90.5 Å². The number of aromatic nitrogens is 2. The van der Waals surface area contributed by atoms with Crippen LogP contribution in [0.4, 0.5) is 16.3 Å². The van der Waals surface area contributed by atoms with E-state index in [-0.39, 0.29) is 18.5 Å². The summed E-state index contributed by atoms with van der Waals surface area (Å²) in [5.41, 5.74) is 4.08. The molecule has 37 heavy (non-hydrogen) atoms. The monoisotopic (exact) mass is 497 g/mol. The lowest BCUT2D eigenvalue weighted by Gasteiger charge is -2.22. The van der Waals surface area contributed by atoms with Crippen LogP contribution in [-0.4, -0.2) is 46.8 Å². The van der Waals surface area contributed by atoms with Gasteiger partial charge in [-0.05, 0) is 49.2 Å². The zero-order valence-corrected chi connectivity index (χ0v) is 21.3. The Kier molecular flexibility index (Phi) is 8.20. The number of nitrogens with one attached hydrogen (secondary N) is 2. The first kappa shape index (κ1) is 25.5. The number of hydrogen-bond acceptors (Lipinski definition) is 4. The van der Waals surface area contributed by atoms with Crippen LogP contribution in [0, 0.1) is 6.92 Å². The Morgan fingerprint density at radius 3 is 2.32 bits per heavy atom. The van der Waals surface area contributed by atoms with E-state index in [0.717, 1.165) is 40.4 Å². The first-order chi connectivity index (χ1) is 18.0. The molecular formula is C29H31N5O3. The third kappa shape index (κ3) is 6.35. The lowest BCUT2D eigenvalue weighted by molar-refractivity contribution is -0.116. The number of benzene rings is 3. The van der Waals surface area contributed by atoms with Crippen LogP contribution in [0.25, 0.3) is 16.9 Å². The SMILES string of the molecule is CCCN(CC(=O)Nc1cc(-c2ccccc2)nn1-c1ccc(OC)cc1)C(=O)Nc1ccccc1C. The first-order valence-electron chi connectivity index (χ1n) is 12.2. The van der Waals surface area contributed by atoms with Crippen LogP contribution in [-0.2, 0) is 4.79 Å². The number of carbonyl (C=O) groups is 2. The third-order valence-electron chi connectivity index (χ3n) is 5.87. The summed E-state index contributed by atoms with van der Waals surface area (Å²) in [5, 5.41) is 10.6. The molecule has 2 N–H and O–H groups in total. The molecule has 8 nitrogen and oxygen atoms in total. The minimum absolute atomic E-state index is 0.0972. The Balaban J connectivity index is 1.56. The van der Waals surface area contributed by atoms with Crippen molar-refractivity contribution in [2.45, 2.75) is 20.3 Å². The van der Waals surface area contributed by atoms with Gasteiger partial charge in [0.2, 0.25) is 5.91 Å². The van der Waals surface area contributed by atoms with Gasteiger partial charge in [-0.3, -0.25) is 4.79 Å². The van der Waals surface area contributed by atoms with Crippen molar-refractivity contribution in [3.63, 3.8) is 0 Å². The largest absolute Gasteiger partial charge is 0.497 e. The zero-order valence-electron chi connectivity index (χ0n) is 21.3. The van der Waals surface area contributed by atoms with E-state index in [1.807, 2.05) is 98.8 Å². The molecule has 0 aliphatic carbocycles. The average molecular weight is 498 g/mol. The van der Waals surface area contributed by atoms with Gasteiger partial charge >= 0.3 is 6.03 Å². The van der Waals surface area contributed by atoms with Crippen LogP contribution in [0.1, 0.15) is 18.9 Å². The minimum atomic E-state index is -0.320. The Hall–Kier alpha value is -4.59. The molecule has 8 heteroatoms. The van der Waals surface area contributed by atoms with Crippen LogP contribution in [0.5, 0.6) is 5.75 Å². The summed E-state index contributed by atoms with van der Waals surface area (Å²) >= 11 is 0. The van der Waals surface area contributed by atoms with Gasteiger partial charge in [-0.2, -0.15) is 5.10 Å². The predicted molar refractivity (Wildman–Crippen MR) is 146 cm³/mol. The second-order valence-electron chi connectivity index (χ2n) is 8.61. The quantitative estimate of drug-likeness (QED) is 0.309. The van der Waals surface area contributed by atoms with E-state index in [1.165, 1.54) is 4.90 Å². The Morgan fingerprint density at radius 1 is 0.946 bits per heavy atom. The summed E-state index contributed by atoms with van der Waals surface area (Å²) in [6, 6.07) is 26.2. The van der Waals surface area contributed by atoms with Gasteiger partial charge in [0, 0.05) is 23.9 Å². The number of ether oxygens (including phenoxy) is 1. The summed E-state index contributed by atoms with van der Waals surface area (Å²) in [6.45, 7) is 4.24. The lowest BCUT2D eigenvalue weighted by Crippen LogP contribution is -2.41. The maximum atomic E-state index is 13.2. The van der Waals surface area contributed by atoms with Gasteiger partial charge in [-0.15, -0.1) is 0 Å². The van der Waals surface area contributed by atoms with E-state index < -0.39 is 0 Å². The van der Waals surface area contributed by atoms with E-state index in [1.54, 1.807) is 11.8 Å². The number of hydrogen-bond donors (Lipinski definition) is 2. The number of amides is 3. The molecule has 1 heterocycles. The van der Waals surface area contributed by atoms with Crippen molar-refractivity contribution >= 4 is 23.4 Å². The van der Waals surface area contributed by atoms with Crippen LogP contribution in [0.2, 0.25) is 0 Å². The zero-order chi connectivity index (χ0) is 26.2. The molecule has 190 valence electrons. The minimum Gasteiger partial charge on any atom is -0.497 e. The second kappa shape index (κ2) is 11.9. The molecule has 3 aromatic carbocycles. The number of urea groups is 1. The fourth-order valence-corrected chi connectivity index (χ4v) is 3.93. The number of methoxy groups -OCH3 is 1. The average Bonchev–Trinajstić information content (AvgIpc) is 3.33. The molecule has 0 saturated heterocycles. The number of anilines is 2. The molecule has 0 aliphatic rings. The second-order valence-corrected chi connectivity index (χ2v) is 8.61. The maximum Gasteiger partial charge on any atom is 0.322 e. The molecule has 4 aromatic rings. The maximum absolute atomic E-state index is 13.2. The number of nitrogens with zero attached hydrogens (tertiary/aromatic N) is 3. The highest BCUT2D eigenvalue weighted by Crippen LogP contribution is 2.26. The van der Waals surface area contributed by atoms with E-state index in [2.05, 4.69) is 10.6 Å². The number of aryl methyl sites for hydroxylation is 1. The Bertz CT molecular complexity index is 1350. The lowest BCUT2D eigenvalue weighted by atomic mass is 10.1. The van der Waals surface area contributed by atoms with Gasteiger partial charge in [0.25, 0.3) is 0 Å².